The van der Waals surface area contributed by atoms with Crippen molar-refractivity contribution in [1.29, 1.82) is 0 Å². The summed E-state index contributed by atoms with van der Waals surface area (Å²) < 4.78 is 2.19. The van der Waals surface area contributed by atoms with Gasteiger partial charge in [0, 0.05) is 25.6 Å². The minimum Gasteiger partial charge on any atom is -0.370 e. The van der Waals surface area contributed by atoms with Gasteiger partial charge in [0.05, 0.1) is 0 Å². The summed E-state index contributed by atoms with van der Waals surface area (Å²) >= 11 is 0. The molecule has 3 rings (SSSR count). The molecule has 1 atom stereocenters. The number of likely N-dealkylation sites (tertiary alicyclic amines) is 1. The number of likely N-dealkylation sites (N-methyl/N-ethyl adjacent to an activating group) is 1. The number of fused-ring (bicyclic) bond motifs is 1. The zero-order valence-corrected chi connectivity index (χ0v) is 13.5. The van der Waals surface area contributed by atoms with Gasteiger partial charge >= 0.3 is 0 Å². The molecule has 3 N–H and O–H groups in total. The third-order valence-corrected chi connectivity index (χ3v) is 4.75. The van der Waals surface area contributed by atoms with Crippen LogP contribution in [-0.4, -0.2) is 51.3 Å². The van der Waals surface area contributed by atoms with Crippen molar-refractivity contribution in [2.75, 3.05) is 19.6 Å². The molecule has 0 radical (unpaired) electrons. The van der Waals surface area contributed by atoms with E-state index in [9.17, 15) is 0 Å². The van der Waals surface area contributed by atoms with Crippen molar-refractivity contribution < 1.29 is 0 Å². The first kappa shape index (κ1) is 15.3. The largest absolute Gasteiger partial charge is 0.370 e. The number of aryl methyl sites for hydroxylation is 1. The Morgan fingerprint density at radius 1 is 1.32 bits per heavy atom. The monoisotopic (exact) mass is 305 g/mol. The Labute approximate surface area is 132 Å². The number of aliphatic imine (C=N–C) groups is 1. The second kappa shape index (κ2) is 7.09. The zero-order valence-electron chi connectivity index (χ0n) is 13.5. The fourth-order valence-electron chi connectivity index (χ4n) is 3.46. The molecule has 1 aromatic rings. The highest BCUT2D eigenvalue weighted by Gasteiger charge is 2.22. The van der Waals surface area contributed by atoms with Gasteiger partial charge in [-0.3, -0.25) is 4.90 Å². The Morgan fingerprint density at radius 3 is 3.09 bits per heavy atom. The van der Waals surface area contributed by atoms with Gasteiger partial charge in [0.15, 0.2) is 11.8 Å². The van der Waals surface area contributed by atoms with Crippen LogP contribution in [0.2, 0.25) is 0 Å². The number of hydrogen-bond donors (Lipinski definition) is 2. The van der Waals surface area contributed by atoms with Crippen molar-refractivity contribution in [3.63, 3.8) is 0 Å². The molecule has 7 nitrogen and oxygen atoms in total. The number of rotatable bonds is 5. The molecule has 1 saturated heterocycles. The minimum absolute atomic E-state index is 0.508. The van der Waals surface area contributed by atoms with Gasteiger partial charge in [-0.25, -0.2) is 4.99 Å². The Hall–Kier alpha value is -1.63. The van der Waals surface area contributed by atoms with Crippen LogP contribution in [-0.2, 0) is 19.5 Å². The SMILES string of the molecule is CCN1CCCC1CNC(N)=NCc1nnc2n1CCCC2. The molecular formula is C15H27N7. The highest BCUT2D eigenvalue weighted by atomic mass is 15.3. The lowest BCUT2D eigenvalue weighted by molar-refractivity contribution is 0.267. The Morgan fingerprint density at radius 2 is 2.23 bits per heavy atom. The third-order valence-electron chi connectivity index (χ3n) is 4.75. The molecule has 7 heteroatoms. The van der Waals surface area contributed by atoms with Crippen LogP contribution in [0.3, 0.4) is 0 Å². The maximum Gasteiger partial charge on any atom is 0.189 e. The Kier molecular flexibility index (Phi) is 4.92. The van der Waals surface area contributed by atoms with Crippen molar-refractivity contribution in [1.82, 2.24) is 25.0 Å². The van der Waals surface area contributed by atoms with E-state index in [-0.39, 0.29) is 0 Å². The van der Waals surface area contributed by atoms with Crippen LogP contribution < -0.4 is 11.1 Å². The number of nitrogens with two attached hydrogens (primary N) is 1. The van der Waals surface area contributed by atoms with E-state index in [0.29, 0.717) is 18.5 Å². The van der Waals surface area contributed by atoms with Gasteiger partial charge in [0.25, 0.3) is 0 Å². The summed E-state index contributed by atoms with van der Waals surface area (Å²) in [4.78, 5) is 6.92. The lowest BCUT2D eigenvalue weighted by Gasteiger charge is -2.23. The number of guanidine groups is 1. The lowest BCUT2D eigenvalue weighted by atomic mass is 10.2. The Balaban J connectivity index is 1.51. The van der Waals surface area contributed by atoms with E-state index in [1.54, 1.807) is 0 Å². The predicted molar refractivity (Wildman–Crippen MR) is 86.6 cm³/mol. The molecule has 122 valence electrons. The number of aromatic nitrogens is 3. The van der Waals surface area contributed by atoms with Gasteiger partial charge < -0.3 is 15.6 Å². The van der Waals surface area contributed by atoms with Crippen LogP contribution in [0.5, 0.6) is 0 Å². The van der Waals surface area contributed by atoms with Gasteiger partial charge in [-0.05, 0) is 38.8 Å². The summed E-state index contributed by atoms with van der Waals surface area (Å²) in [6.07, 6.45) is 5.96. The number of nitrogens with zero attached hydrogens (tertiary/aromatic N) is 5. The van der Waals surface area contributed by atoms with Gasteiger partial charge in [-0.1, -0.05) is 6.92 Å². The molecule has 1 aromatic heterocycles. The van der Waals surface area contributed by atoms with Crippen molar-refractivity contribution in [3.05, 3.63) is 11.6 Å². The second-order valence-corrected chi connectivity index (χ2v) is 6.15. The van der Waals surface area contributed by atoms with Crippen LogP contribution >= 0.6 is 0 Å². The summed E-state index contributed by atoms with van der Waals surface area (Å²) in [7, 11) is 0. The third kappa shape index (κ3) is 3.40. The summed E-state index contributed by atoms with van der Waals surface area (Å²) in [5, 5.41) is 11.7. The van der Waals surface area contributed by atoms with Crippen molar-refractivity contribution in [2.24, 2.45) is 10.7 Å². The molecule has 0 amide bonds. The lowest BCUT2D eigenvalue weighted by Crippen LogP contribution is -2.42. The first-order valence-electron chi connectivity index (χ1n) is 8.46. The highest BCUT2D eigenvalue weighted by molar-refractivity contribution is 5.77. The van der Waals surface area contributed by atoms with E-state index in [2.05, 4.69) is 36.9 Å². The van der Waals surface area contributed by atoms with Gasteiger partial charge in [-0.2, -0.15) is 0 Å². The van der Waals surface area contributed by atoms with Crippen LogP contribution in [0.25, 0.3) is 0 Å². The zero-order chi connectivity index (χ0) is 15.4. The normalized spacial score (nSPS) is 22.8. The summed E-state index contributed by atoms with van der Waals surface area (Å²) in [5.74, 6) is 2.53. The smallest absolute Gasteiger partial charge is 0.189 e. The highest BCUT2D eigenvalue weighted by Crippen LogP contribution is 2.16. The van der Waals surface area contributed by atoms with Crippen LogP contribution in [0, 0.1) is 0 Å². The molecule has 0 bridgehead atoms. The van der Waals surface area contributed by atoms with Crippen LogP contribution in [0.4, 0.5) is 0 Å². The molecular weight excluding hydrogens is 278 g/mol. The summed E-state index contributed by atoms with van der Waals surface area (Å²) in [5.41, 5.74) is 5.99. The molecule has 22 heavy (non-hydrogen) atoms. The standard InChI is InChI=1S/C15H27N7/c1-2-21-8-5-6-12(21)10-17-15(16)18-11-14-20-19-13-7-3-4-9-22(13)14/h12H,2-11H2,1H3,(H3,16,17,18). The minimum atomic E-state index is 0.508. The topological polar surface area (TPSA) is 84.4 Å². The average molecular weight is 305 g/mol. The van der Waals surface area contributed by atoms with Gasteiger partial charge in [0.2, 0.25) is 0 Å². The number of hydrogen-bond acceptors (Lipinski definition) is 4. The maximum atomic E-state index is 5.99. The van der Waals surface area contributed by atoms with Crippen molar-refractivity contribution >= 4 is 5.96 Å². The average Bonchev–Trinajstić information content (AvgIpc) is 3.17. The fourth-order valence-corrected chi connectivity index (χ4v) is 3.46. The Bertz CT molecular complexity index is 522. The summed E-state index contributed by atoms with van der Waals surface area (Å²) in [6.45, 7) is 6.91. The first-order chi connectivity index (χ1) is 10.8. The molecule has 1 unspecified atom stereocenters. The number of nitrogens with one attached hydrogen (secondary N) is 1. The predicted octanol–water partition coefficient (Wildman–Crippen LogP) is 0.503. The molecule has 0 aromatic carbocycles. The van der Waals surface area contributed by atoms with E-state index < -0.39 is 0 Å². The van der Waals surface area contributed by atoms with E-state index in [1.165, 1.54) is 32.2 Å². The van der Waals surface area contributed by atoms with Crippen molar-refractivity contribution in [3.8, 4) is 0 Å². The van der Waals surface area contributed by atoms with Crippen molar-refractivity contribution in [2.45, 2.75) is 58.2 Å². The molecule has 2 aliphatic heterocycles. The quantitative estimate of drug-likeness (QED) is 0.611. The van der Waals surface area contributed by atoms with E-state index in [4.69, 9.17) is 5.73 Å². The van der Waals surface area contributed by atoms with E-state index >= 15 is 0 Å². The summed E-state index contributed by atoms with van der Waals surface area (Å²) in [6, 6.07) is 0.583. The molecule has 0 aliphatic carbocycles. The van der Waals surface area contributed by atoms with Crippen LogP contribution in [0.15, 0.2) is 4.99 Å². The second-order valence-electron chi connectivity index (χ2n) is 6.15. The molecule has 0 spiro atoms. The molecule has 2 aliphatic rings. The maximum absolute atomic E-state index is 5.99. The molecule has 1 fully saturated rings. The van der Waals surface area contributed by atoms with E-state index in [0.717, 1.165) is 37.7 Å². The van der Waals surface area contributed by atoms with Gasteiger partial charge in [0.1, 0.15) is 12.4 Å². The van der Waals surface area contributed by atoms with Crippen LogP contribution in [0.1, 0.15) is 44.3 Å². The molecule has 3 heterocycles. The van der Waals surface area contributed by atoms with E-state index in [1.807, 2.05) is 0 Å². The fraction of sp³-hybridized carbons (Fsp3) is 0.800. The van der Waals surface area contributed by atoms with Gasteiger partial charge in [-0.15, -0.1) is 10.2 Å². The first-order valence-corrected chi connectivity index (χ1v) is 8.46. The molecule has 0 saturated carbocycles.